The maximum absolute atomic E-state index is 13.8. The fourth-order valence-corrected chi connectivity index (χ4v) is 3.86. The summed E-state index contributed by atoms with van der Waals surface area (Å²) in [6, 6.07) is 15.6. The Morgan fingerprint density at radius 3 is 2.87 bits per heavy atom. The van der Waals surface area contributed by atoms with Gasteiger partial charge in [0.25, 0.3) is 5.91 Å². The Balaban J connectivity index is 1.56. The third kappa shape index (κ3) is 3.86. The topological polar surface area (TPSA) is 66.8 Å². The molecule has 2 bridgehead atoms. The van der Waals surface area contributed by atoms with Gasteiger partial charge in [-0.05, 0) is 55.7 Å². The highest BCUT2D eigenvalue weighted by molar-refractivity contribution is 6.19. The van der Waals surface area contributed by atoms with E-state index in [1.54, 1.807) is 24.4 Å². The first-order valence-corrected chi connectivity index (χ1v) is 10.3. The molecule has 0 radical (unpaired) electrons. The summed E-state index contributed by atoms with van der Waals surface area (Å²) in [5.41, 5.74) is 3.53. The van der Waals surface area contributed by atoms with E-state index in [0.29, 0.717) is 35.1 Å². The number of para-hydroxylation sites is 2. The molecule has 2 aromatic carbocycles. The molecule has 1 aromatic heterocycles. The van der Waals surface area contributed by atoms with Crippen LogP contribution >= 0.6 is 0 Å². The van der Waals surface area contributed by atoms with Crippen LogP contribution in [-0.4, -0.2) is 30.0 Å². The molecule has 6 nitrogen and oxygen atoms in total. The van der Waals surface area contributed by atoms with Crippen LogP contribution in [-0.2, 0) is 0 Å². The molecule has 0 aliphatic carbocycles. The van der Waals surface area contributed by atoms with E-state index in [2.05, 4.69) is 15.3 Å². The number of aliphatic imine (C=N–C) groups is 1. The van der Waals surface area contributed by atoms with E-state index >= 15 is 0 Å². The van der Waals surface area contributed by atoms with Gasteiger partial charge >= 0.3 is 0 Å². The molecule has 31 heavy (non-hydrogen) atoms. The highest BCUT2D eigenvalue weighted by Crippen LogP contribution is 2.33. The first-order chi connectivity index (χ1) is 15.2. The van der Waals surface area contributed by atoms with Crippen molar-refractivity contribution >= 4 is 23.2 Å². The number of fused-ring (bicyclic) bond motifs is 7. The SMILES string of the molecule is O=C1/N=C2\Nc3ccccc3N2CCCCCOc2cc(F)ccc2-c2cc1ccn2. The largest absolute Gasteiger partial charge is 0.493 e. The van der Waals surface area contributed by atoms with Crippen molar-refractivity contribution in [3.05, 3.63) is 72.2 Å². The van der Waals surface area contributed by atoms with E-state index in [4.69, 9.17) is 4.74 Å². The van der Waals surface area contributed by atoms with Crippen molar-refractivity contribution in [2.45, 2.75) is 19.3 Å². The number of carbonyl (C=O) groups is 1. The van der Waals surface area contributed by atoms with Crippen LogP contribution in [0.1, 0.15) is 29.6 Å². The highest BCUT2D eigenvalue weighted by Gasteiger charge is 2.25. The van der Waals surface area contributed by atoms with Gasteiger partial charge < -0.3 is 15.0 Å². The van der Waals surface area contributed by atoms with Gasteiger partial charge in [-0.2, -0.15) is 4.99 Å². The maximum Gasteiger partial charge on any atom is 0.280 e. The third-order valence-corrected chi connectivity index (χ3v) is 5.41. The molecular formula is C24H21FN4O2. The number of halogens is 1. The van der Waals surface area contributed by atoms with Crippen molar-refractivity contribution in [3.63, 3.8) is 0 Å². The lowest BCUT2D eigenvalue weighted by Crippen LogP contribution is -2.32. The van der Waals surface area contributed by atoms with Crippen molar-refractivity contribution < 1.29 is 13.9 Å². The number of ether oxygens (including phenoxy) is 1. The molecule has 0 saturated heterocycles. The lowest BCUT2D eigenvalue weighted by Gasteiger charge is -2.18. The summed E-state index contributed by atoms with van der Waals surface area (Å²) in [6.45, 7) is 1.20. The van der Waals surface area contributed by atoms with E-state index in [1.807, 2.05) is 29.2 Å². The average Bonchev–Trinajstić information content (AvgIpc) is 3.12. The molecule has 1 N–H and O–H groups in total. The molecule has 3 aromatic rings. The molecular weight excluding hydrogens is 395 g/mol. The van der Waals surface area contributed by atoms with E-state index in [9.17, 15) is 9.18 Å². The molecule has 0 saturated carbocycles. The molecule has 0 atom stereocenters. The number of anilines is 2. The molecule has 0 spiro atoms. The zero-order valence-electron chi connectivity index (χ0n) is 16.8. The third-order valence-electron chi connectivity index (χ3n) is 5.41. The number of benzene rings is 2. The lowest BCUT2D eigenvalue weighted by molar-refractivity contribution is 0.100. The van der Waals surface area contributed by atoms with Crippen LogP contribution in [0.3, 0.4) is 0 Å². The van der Waals surface area contributed by atoms with Gasteiger partial charge in [0, 0.05) is 29.9 Å². The number of nitrogens with zero attached hydrogens (tertiary/aromatic N) is 3. The summed E-state index contributed by atoms with van der Waals surface area (Å²) in [5, 5.41) is 3.26. The predicted octanol–water partition coefficient (Wildman–Crippen LogP) is 4.88. The predicted molar refractivity (Wildman–Crippen MR) is 118 cm³/mol. The number of hydrogen-bond acceptors (Lipinski definition) is 5. The minimum absolute atomic E-state index is 0.372. The standard InChI is InChI=1S/C24H21FN4O2/c25-17-8-9-18-20-14-16(10-11-26-20)23(30)28-24-27-19-6-2-3-7-21(19)29(24)12-4-1-5-13-31-22(18)15-17/h2-3,6-11,14-15H,1,4-5,12-13H2,(H,27,28,30). The van der Waals surface area contributed by atoms with E-state index in [-0.39, 0.29) is 11.7 Å². The van der Waals surface area contributed by atoms with Crippen LogP contribution < -0.4 is 15.0 Å². The molecule has 0 fully saturated rings. The number of nitrogens with one attached hydrogen (secondary N) is 1. The Morgan fingerprint density at radius 1 is 1.03 bits per heavy atom. The summed E-state index contributed by atoms with van der Waals surface area (Å²) in [6.07, 6.45) is 4.22. The van der Waals surface area contributed by atoms with Crippen LogP contribution in [0.25, 0.3) is 11.3 Å². The zero-order valence-corrected chi connectivity index (χ0v) is 16.8. The summed E-state index contributed by atoms with van der Waals surface area (Å²) < 4.78 is 19.7. The molecule has 5 rings (SSSR count). The van der Waals surface area contributed by atoms with Crippen LogP contribution in [0.2, 0.25) is 0 Å². The monoisotopic (exact) mass is 416 g/mol. The molecule has 1 amide bonds. The van der Waals surface area contributed by atoms with Crippen molar-refractivity contribution in [2.24, 2.45) is 4.99 Å². The first-order valence-electron chi connectivity index (χ1n) is 10.3. The molecule has 7 heteroatoms. The van der Waals surface area contributed by atoms with E-state index in [1.165, 1.54) is 12.1 Å². The van der Waals surface area contributed by atoms with Gasteiger partial charge in [0.05, 0.1) is 23.7 Å². The molecule has 2 aliphatic heterocycles. The Kier molecular flexibility index (Phi) is 5.08. The smallest absolute Gasteiger partial charge is 0.280 e. The Hall–Kier alpha value is -3.74. The second-order valence-electron chi connectivity index (χ2n) is 7.51. The number of pyridine rings is 1. The van der Waals surface area contributed by atoms with Crippen molar-refractivity contribution in [1.82, 2.24) is 4.98 Å². The van der Waals surface area contributed by atoms with Gasteiger partial charge in [0.15, 0.2) is 0 Å². The number of amides is 1. The summed E-state index contributed by atoms with van der Waals surface area (Å²) >= 11 is 0. The fraction of sp³-hybridized carbons (Fsp3) is 0.208. The van der Waals surface area contributed by atoms with Gasteiger partial charge in [0.2, 0.25) is 5.96 Å². The summed E-state index contributed by atoms with van der Waals surface area (Å²) in [5.74, 6) is 0.205. The van der Waals surface area contributed by atoms with Gasteiger partial charge in [-0.25, -0.2) is 4.39 Å². The van der Waals surface area contributed by atoms with Gasteiger partial charge in [-0.15, -0.1) is 0 Å². The molecule has 2 aliphatic rings. The zero-order chi connectivity index (χ0) is 21.2. The van der Waals surface area contributed by atoms with Crippen LogP contribution in [0.5, 0.6) is 5.75 Å². The summed E-state index contributed by atoms with van der Waals surface area (Å²) in [4.78, 5) is 23.8. The summed E-state index contributed by atoms with van der Waals surface area (Å²) in [7, 11) is 0. The van der Waals surface area contributed by atoms with Crippen LogP contribution in [0.4, 0.5) is 15.8 Å². The van der Waals surface area contributed by atoms with Crippen LogP contribution in [0.15, 0.2) is 65.8 Å². The number of carbonyl (C=O) groups excluding carboxylic acids is 1. The van der Waals surface area contributed by atoms with Crippen molar-refractivity contribution in [3.8, 4) is 17.0 Å². The lowest BCUT2D eigenvalue weighted by atomic mass is 10.1. The average molecular weight is 416 g/mol. The Labute approximate surface area is 179 Å². The second-order valence-corrected chi connectivity index (χ2v) is 7.51. The Bertz CT molecular complexity index is 1180. The quantitative estimate of drug-likeness (QED) is 0.566. The number of hydrogen-bond donors (Lipinski definition) is 1. The van der Waals surface area contributed by atoms with Crippen molar-refractivity contribution in [2.75, 3.05) is 23.4 Å². The minimum Gasteiger partial charge on any atom is -0.493 e. The first kappa shape index (κ1) is 19.2. The second kappa shape index (κ2) is 8.18. The number of rotatable bonds is 0. The normalized spacial score (nSPS) is 17.6. The highest BCUT2D eigenvalue weighted by atomic mass is 19.1. The van der Waals surface area contributed by atoms with Crippen molar-refractivity contribution in [1.29, 1.82) is 0 Å². The van der Waals surface area contributed by atoms with E-state index < -0.39 is 0 Å². The number of aromatic nitrogens is 1. The number of guanidine groups is 1. The maximum atomic E-state index is 13.8. The molecule has 3 heterocycles. The van der Waals surface area contributed by atoms with Gasteiger partial charge in [0.1, 0.15) is 11.6 Å². The van der Waals surface area contributed by atoms with Crippen LogP contribution in [0, 0.1) is 5.82 Å². The van der Waals surface area contributed by atoms with Gasteiger partial charge in [-0.1, -0.05) is 12.1 Å². The molecule has 0 unspecified atom stereocenters. The Morgan fingerprint density at radius 2 is 1.94 bits per heavy atom. The van der Waals surface area contributed by atoms with E-state index in [0.717, 1.165) is 37.2 Å². The fourth-order valence-electron chi connectivity index (χ4n) is 3.86. The molecule has 156 valence electrons. The minimum atomic E-state index is -0.374. The van der Waals surface area contributed by atoms with Gasteiger partial charge in [-0.3, -0.25) is 9.78 Å².